The number of aliphatic hydroxyl groups is 1. The number of carbonyl (C=O) groups is 1. The normalized spacial score (nSPS) is 12.7. The summed E-state index contributed by atoms with van der Waals surface area (Å²) >= 11 is 6.23. The predicted octanol–water partition coefficient (Wildman–Crippen LogP) is 4.86. The zero-order valence-corrected chi connectivity index (χ0v) is 22.0. The van der Waals surface area contributed by atoms with Crippen LogP contribution < -0.4 is 10.5 Å². The lowest BCUT2D eigenvalue weighted by molar-refractivity contribution is -0.107. The number of halogens is 2. The first-order valence-electron chi connectivity index (χ1n) is 11.4. The number of hydrogen-bond acceptors (Lipinski definition) is 6. The van der Waals surface area contributed by atoms with Crippen molar-refractivity contribution >= 4 is 23.7 Å². The number of ether oxygens (including phenoxy) is 1. The molecule has 0 saturated carbocycles. The maximum Gasteiger partial charge on any atom is 0.262 e. The molecule has 3 aromatic rings. The molecule has 10 heteroatoms. The molecule has 0 spiro atoms. The smallest absolute Gasteiger partial charge is 0.262 e. The molecule has 0 unspecified atom stereocenters. The molecular weight excluding hydrogens is 499 g/mol. The molecule has 0 aliphatic rings. The molecule has 3 aromatic heterocycles. The molecular formula is C27H28ClFN4O4. The highest BCUT2D eigenvalue weighted by Crippen LogP contribution is 2.26. The highest BCUT2D eigenvalue weighted by molar-refractivity contribution is 6.29. The molecule has 3 rings (SSSR count). The minimum absolute atomic E-state index is 0.0451. The first-order valence-corrected chi connectivity index (χ1v) is 11.7. The number of anilines is 1. The van der Waals surface area contributed by atoms with Crippen LogP contribution in [0.2, 0.25) is 0 Å². The maximum atomic E-state index is 13.1. The Hall–Kier alpha value is -3.82. The topological polar surface area (TPSA) is 97.5 Å². The fraction of sp³-hybridized carbons (Fsp3) is 0.259. The second-order valence-corrected chi connectivity index (χ2v) is 9.47. The summed E-state index contributed by atoms with van der Waals surface area (Å²) in [6.45, 7) is 8.23. The number of pyridine rings is 3. The van der Waals surface area contributed by atoms with Crippen molar-refractivity contribution in [1.82, 2.24) is 14.5 Å². The van der Waals surface area contributed by atoms with E-state index in [9.17, 15) is 19.1 Å². The van der Waals surface area contributed by atoms with Gasteiger partial charge in [-0.1, -0.05) is 11.6 Å². The van der Waals surface area contributed by atoms with E-state index in [-0.39, 0.29) is 18.0 Å². The van der Waals surface area contributed by atoms with Gasteiger partial charge in [0.05, 0.1) is 28.2 Å². The Bertz CT molecular complexity index is 1410. The van der Waals surface area contributed by atoms with Gasteiger partial charge in [0.1, 0.15) is 24.0 Å². The molecule has 0 aliphatic carbocycles. The van der Waals surface area contributed by atoms with E-state index >= 15 is 0 Å². The van der Waals surface area contributed by atoms with Crippen molar-refractivity contribution in [3.8, 4) is 5.82 Å². The fourth-order valence-corrected chi connectivity index (χ4v) is 3.62. The molecule has 0 aliphatic heterocycles. The van der Waals surface area contributed by atoms with E-state index in [2.05, 4.69) is 9.97 Å². The molecule has 0 radical (unpaired) electrons. The minimum atomic E-state index is -1.34. The Morgan fingerprint density at radius 1 is 1.24 bits per heavy atom. The van der Waals surface area contributed by atoms with Gasteiger partial charge in [0, 0.05) is 35.8 Å². The summed E-state index contributed by atoms with van der Waals surface area (Å²) in [6, 6.07) is 7.59. The van der Waals surface area contributed by atoms with E-state index in [0.717, 1.165) is 6.20 Å². The van der Waals surface area contributed by atoms with E-state index in [1.807, 2.05) is 0 Å². The molecule has 0 atom stereocenters. The lowest BCUT2D eigenvalue weighted by atomic mass is 10.0. The van der Waals surface area contributed by atoms with Crippen molar-refractivity contribution in [3.05, 3.63) is 104 Å². The van der Waals surface area contributed by atoms with Crippen LogP contribution in [-0.2, 0) is 21.7 Å². The maximum absolute atomic E-state index is 13.1. The average molecular weight is 527 g/mol. The van der Waals surface area contributed by atoms with Gasteiger partial charge < -0.3 is 9.84 Å². The number of aromatic nitrogens is 3. The van der Waals surface area contributed by atoms with Crippen LogP contribution in [0.4, 0.5) is 10.1 Å². The molecule has 0 aromatic carbocycles. The number of aryl methyl sites for hydroxylation is 1. The average Bonchev–Trinajstić information content (AvgIpc) is 2.83. The standard InChI is InChI=1S/C27H28ClFN4O4/c1-17-13-31-25(32-10-6-7-22(26(32)35)27(4,5)36)12-23(17)33(16-34)18(2)11-24(19(3)28)37-15-21-9-8-20(29)14-30-21/h6-14,16,36H,15H2,1-5H3/b18-11-,24-19-. The van der Waals surface area contributed by atoms with Crippen LogP contribution in [0.3, 0.4) is 0 Å². The van der Waals surface area contributed by atoms with Crippen molar-refractivity contribution in [2.75, 3.05) is 4.90 Å². The van der Waals surface area contributed by atoms with Crippen molar-refractivity contribution in [1.29, 1.82) is 0 Å². The van der Waals surface area contributed by atoms with E-state index in [1.165, 1.54) is 35.4 Å². The highest BCUT2D eigenvalue weighted by Gasteiger charge is 2.22. The third kappa shape index (κ3) is 6.69. The summed E-state index contributed by atoms with van der Waals surface area (Å²) in [7, 11) is 0. The summed E-state index contributed by atoms with van der Waals surface area (Å²) in [4.78, 5) is 34.9. The molecule has 1 amide bonds. The largest absolute Gasteiger partial charge is 0.486 e. The van der Waals surface area contributed by atoms with Gasteiger partial charge in [-0.15, -0.1) is 0 Å². The van der Waals surface area contributed by atoms with E-state index in [0.29, 0.717) is 39.8 Å². The number of carbonyl (C=O) groups excluding carboxylic acids is 1. The van der Waals surface area contributed by atoms with Gasteiger partial charge in [-0.3, -0.25) is 24.0 Å². The molecule has 0 fully saturated rings. The second-order valence-electron chi connectivity index (χ2n) is 8.90. The van der Waals surface area contributed by atoms with Gasteiger partial charge in [-0.25, -0.2) is 9.37 Å². The Kier molecular flexibility index (Phi) is 8.62. The third-order valence-electron chi connectivity index (χ3n) is 5.50. The van der Waals surface area contributed by atoms with Crippen molar-refractivity contribution < 1.29 is 19.0 Å². The highest BCUT2D eigenvalue weighted by atomic mass is 35.5. The van der Waals surface area contributed by atoms with Gasteiger partial charge in [-0.2, -0.15) is 0 Å². The Morgan fingerprint density at radius 3 is 2.57 bits per heavy atom. The summed E-state index contributed by atoms with van der Waals surface area (Å²) in [5, 5.41) is 10.7. The lowest BCUT2D eigenvalue weighted by Crippen LogP contribution is -2.31. The van der Waals surface area contributed by atoms with E-state index in [4.69, 9.17) is 16.3 Å². The van der Waals surface area contributed by atoms with E-state index in [1.54, 1.807) is 57.4 Å². The molecule has 8 nitrogen and oxygen atoms in total. The number of allylic oxidation sites excluding steroid dienone is 3. The predicted molar refractivity (Wildman–Crippen MR) is 140 cm³/mol. The van der Waals surface area contributed by atoms with Crippen LogP contribution in [0.5, 0.6) is 0 Å². The van der Waals surface area contributed by atoms with E-state index < -0.39 is 17.0 Å². The first kappa shape index (κ1) is 27.8. The molecule has 1 N–H and O–H groups in total. The second kappa shape index (κ2) is 11.5. The van der Waals surface area contributed by atoms with Gasteiger partial charge >= 0.3 is 0 Å². The minimum Gasteiger partial charge on any atom is -0.486 e. The van der Waals surface area contributed by atoms with Gasteiger partial charge in [0.15, 0.2) is 0 Å². The zero-order chi connectivity index (χ0) is 27.3. The molecule has 0 bridgehead atoms. The molecule has 194 valence electrons. The van der Waals surface area contributed by atoms with Crippen LogP contribution in [0.25, 0.3) is 5.82 Å². The fourth-order valence-electron chi connectivity index (χ4n) is 3.51. The number of amides is 1. The van der Waals surface area contributed by atoms with Gasteiger partial charge in [0.25, 0.3) is 5.56 Å². The number of rotatable bonds is 9. The van der Waals surface area contributed by atoms with Crippen LogP contribution in [-0.4, -0.2) is 26.1 Å². The van der Waals surface area contributed by atoms with Crippen molar-refractivity contribution in [3.63, 3.8) is 0 Å². The van der Waals surface area contributed by atoms with Crippen LogP contribution >= 0.6 is 11.6 Å². The number of hydrogen-bond donors (Lipinski definition) is 1. The summed E-state index contributed by atoms with van der Waals surface area (Å²) in [6.07, 6.45) is 6.43. The lowest BCUT2D eigenvalue weighted by Gasteiger charge is -2.22. The summed E-state index contributed by atoms with van der Waals surface area (Å²) in [5.74, 6) is 0.129. The van der Waals surface area contributed by atoms with Crippen LogP contribution in [0, 0.1) is 12.7 Å². The summed E-state index contributed by atoms with van der Waals surface area (Å²) < 4.78 is 20.2. The van der Waals surface area contributed by atoms with Crippen LogP contribution in [0.15, 0.2) is 76.3 Å². The molecule has 3 heterocycles. The number of nitrogens with zero attached hydrogens (tertiary/aromatic N) is 4. The Balaban J connectivity index is 1.96. The SMILES string of the molecule is C/C(=C/C(OCc1ccc(F)cn1)=C(\C)Cl)N(C=O)c1cc(-n2cccc(C(C)(C)O)c2=O)ncc1C. The zero-order valence-electron chi connectivity index (χ0n) is 21.2. The van der Waals surface area contributed by atoms with Crippen LogP contribution in [0.1, 0.15) is 44.5 Å². The quantitative estimate of drug-likeness (QED) is 0.243. The van der Waals surface area contributed by atoms with Gasteiger partial charge in [0.2, 0.25) is 6.41 Å². The Morgan fingerprint density at radius 2 is 1.97 bits per heavy atom. The molecule has 37 heavy (non-hydrogen) atoms. The van der Waals surface area contributed by atoms with Crippen molar-refractivity contribution in [2.24, 2.45) is 0 Å². The van der Waals surface area contributed by atoms with Gasteiger partial charge in [-0.05, 0) is 64.4 Å². The third-order valence-corrected chi connectivity index (χ3v) is 5.69. The summed E-state index contributed by atoms with van der Waals surface area (Å²) in [5.41, 5.74) is 0.600. The molecule has 0 saturated heterocycles. The first-order chi connectivity index (χ1) is 17.4. The Labute approximate surface area is 219 Å². The van der Waals surface area contributed by atoms with Crippen molar-refractivity contribution in [2.45, 2.75) is 46.8 Å². The monoisotopic (exact) mass is 526 g/mol.